The highest BCUT2D eigenvalue weighted by atomic mass is 35.5. The van der Waals surface area contributed by atoms with Gasteiger partial charge in [-0.05, 0) is 83.0 Å². The number of hydrogen-bond acceptors (Lipinski definition) is 5. The fraction of sp³-hybridized carbons (Fsp3) is 0.324. The quantitative estimate of drug-likeness (QED) is 0.245. The second kappa shape index (κ2) is 10.5. The van der Waals surface area contributed by atoms with E-state index in [1.165, 1.54) is 0 Å². The number of rotatable bonds is 7. The van der Waals surface area contributed by atoms with Gasteiger partial charge in [-0.1, -0.05) is 29.8 Å². The normalized spacial score (nSPS) is 17.1. The van der Waals surface area contributed by atoms with Crippen molar-refractivity contribution in [1.29, 1.82) is 0 Å². The topological polar surface area (TPSA) is 79.7 Å². The van der Waals surface area contributed by atoms with E-state index in [0.717, 1.165) is 35.5 Å². The van der Waals surface area contributed by atoms with E-state index in [-0.39, 0.29) is 23.6 Å². The molecule has 0 saturated heterocycles. The minimum Gasteiger partial charge on any atom is -0.496 e. The van der Waals surface area contributed by atoms with Gasteiger partial charge in [-0.15, -0.1) is 0 Å². The molecule has 2 amide bonds. The molecule has 2 aliphatic rings. The largest absolute Gasteiger partial charge is 0.496 e. The molecule has 1 unspecified atom stereocenters. The average Bonchev–Trinajstić information content (AvgIpc) is 3.59. The summed E-state index contributed by atoms with van der Waals surface area (Å²) in [4.78, 5) is 38.0. The van der Waals surface area contributed by atoms with Gasteiger partial charge in [-0.25, -0.2) is 4.98 Å². The Morgan fingerprint density at radius 2 is 1.77 bits per heavy atom. The molecule has 2 aliphatic heterocycles. The highest BCUT2D eigenvalue weighted by Crippen LogP contribution is 2.55. The third-order valence-corrected chi connectivity index (χ3v) is 8.85. The molecule has 1 aromatic heterocycles. The number of hydrogen-bond donors (Lipinski definition) is 1. The lowest BCUT2D eigenvalue weighted by Gasteiger charge is -2.36. The minimum absolute atomic E-state index is 0.147. The van der Waals surface area contributed by atoms with E-state index in [9.17, 15) is 9.59 Å². The van der Waals surface area contributed by atoms with Gasteiger partial charge in [0, 0.05) is 47.2 Å². The van der Waals surface area contributed by atoms with Crippen molar-refractivity contribution in [2.45, 2.75) is 53.1 Å². The van der Waals surface area contributed by atoms with Gasteiger partial charge in [0.05, 0.1) is 24.1 Å². The third kappa shape index (κ3) is 4.07. The number of benzene rings is 3. The van der Waals surface area contributed by atoms with Crippen LogP contribution in [0.15, 0.2) is 54.6 Å². The Morgan fingerprint density at radius 3 is 2.44 bits per heavy atom. The predicted octanol–water partition coefficient (Wildman–Crippen LogP) is 7.11. The van der Waals surface area contributed by atoms with E-state index >= 15 is 0 Å². The molecule has 1 atom stereocenters. The maximum atomic E-state index is 14.6. The first-order valence-electron chi connectivity index (χ1n) is 14.7. The van der Waals surface area contributed by atoms with Gasteiger partial charge in [-0.3, -0.25) is 14.5 Å². The van der Waals surface area contributed by atoms with Gasteiger partial charge in [0.1, 0.15) is 11.6 Å². The zero-order chi connectivity index (χ0) is 30.8. The van der Waals surface area contributed by atoms with Crippen LogP contribution >= 0.6 is 11.6 Å². The highest BCUT2D eigenvalue weighted by molar-refractivity contribution is 6.31. The van der Waals surface area contributed by atoms with Crippen LogP contribution in [0.25, 0.3) is 11.4 Å². The molecule has 43 heavy (non-hydrogen) atoms. The SMILES string of the molecule is CCN(CC)c1ccc(-c2nc3c(n2C(C)C)C2(C(=O)Nc4cc(C)ccc42)N(c2cc(Cl)ccc2C)C3=O)c(OC)c1. The summed E-state index contributed by atoms with van der Waals surface area (Å²) in [7, 11) is 1.64. The van der Waals surface area contributed by atoms with Crippen molar-refractivity contribution in [3.63, 3.8) is 0 Å². The van der Waals surface area contributed by atoms with Crippen LogP contribution in [0.4, 0.5) is 17.1 Å². The number of nitrogens with zero attached hydrogens (tertiary/aromatic N) is 4. The molecule has 8 nitrogen and oxygen atoms in total. The number of amides is 2. The average molecular weight is 598 g/mol. The number of aryl methyl sites for hydroxylation is 2. The van der Waals surface area contributed by atoms with E-state index in [1.54, 1.807) is 24.1 Å². The standard InChI is InChI=1S/C34H36ClN5O3/c1-8-38(9-2)23-13-14-24(28(18-23)43-7)31-37-29-30(39(31)19(3)4)34(25-15-10-20(5)16-26(25)36-33(34)42)40(32(29)41)27-17-22(35)12-11-21(27)6/h10-19H,8-9H2,1-7H3,(H,36,42). The summed E-state index contributed by atoms with van der Waals surface area (Å²) in [6.45, 7) is 13.9. The van der Waals surface area contributed by atoms with Crippen molar-refractivity contribution in [1.82, 2.24) is 9.55 Å². The van der Waals surface area contributed by atoms with Gasteiger partial charge >= 0.3 is 0 Å². The van der Waals surface area contributed by atoms with Crippen LogP contribution in [0.5, 0.6) is 5.75 Å². The summed E-state index contributed by atoms with van der Waals surface area (Å²) in [5.74, 6) is 0.553. The predicted molar refractivity (Wildman–Crippen MR) is 172 cm³/mol. The number of imidazole rings is 1. The lowest BCUT2D eigenvalue weighted by molar-refractivity contribution is -0.119. The van der Waals surface area contributed by atoms with Crippen molar-refractivity contribution in [2.75, 3.05) is 35.3 Å². The molecule has 3 aromatic carbocycles. The van der Waals surface area contributed by atoms with Gasteiger partial charge < -0.3 is 19.5 Å². The van der Waals surface area contributed by atoms with E-state index in [2.05, 4.69) is 30.1 Å². The number of carbonyl (C=O) groups is 2. The zero-order valence-electron chi connectivity index (χ0n) is 25.6. The number of nitrogens with one attached hydrogen (secondary N) is 1. The molecule has 222 valence electrons. The highest BCUT2D eigenvalue weighted by Gasteiger charge is 2.64. The van der Waals surface area contributed by atoms with E-state index in [1.807, 2.05) is 68.7 Å². The fourth-order valence-corrected chi connectivity index (χ4v) is 6.78. The Hall–Kier alpha value is -4.30. The smallest absolute Gasteiger partial charge is 0.280 e. The van der Waals surface area contributed by atoms with E-state index in [4.69, 9.17) is 21.3 Å². The fourth-order valence-electron chi connectivity index (χ4n) is 6.62. The van der Waals surface area contributed by atoms with Gasteiger partial charge in [0.15, 0.2) is 11.2 Å². The maximum absolute atomic E-state index is 14.6. The molecular formula is C34H36ClN5O3. The number of halogens is 1. The molecule has 0 radical (unpaired) electrons. The van der Waals surface area contributed by atoms with Crippen LogP contribution in [0.3, 0.4) is 0 Å². The Bertz CT molecular complexity index is 1790. The Labute approximate surface area is 257 Å². The first-order valence-corrected chi connectivity index (χ1v) is 15.1. The van der Waals surface area contributed by atoms with Crippen LogP contribution in [-0.4, -0.2) is 41.6 Å². The zero-order valence-corrected chi connectivity index (χ0v) is 26.3. The van der Waals surface area contributed by atoms with Crippen molar-refractivity contribution in [3.8, 4) is 17.1 Å². The van der Waals surface area contributed by atoms with Crippen molar-refractivity contribution >= 4 is 40.5 Å². The number of ether oxygens (including phenoxy) is 1. The molecule has 9 heteroatoms. The molecule has 0 aliphatic carbocycles. The monoisotopic (exact) mass is 597 g/mol. The molecular weight excluding hydrogens is 562 g/mol. The molecule has 0 bridgehead atoms. The van der Waals surface area contributed by atoms with Crippen molar-refractivity contribution in [2.24, 2.45) is 0 Å². The number of methoxy groups -OCH3 is 1. The van der Waals surface area contributed by atoms with Gasteiger partial charge in [0.2, 0.25) is 0 Å². The number of carbonyl (C=O) groups excluding carboxylic acids is 2. The summed E-state index contributed by atoms with van der Waals surface area (Å²) in [6, 6.07) is 17.1. The molecule has 1 spiro atoms. The molecule has 0 saturated carbocycles. The van der Waals surface area contributed by atoms with Crippen LogP contribution < -0.4 is 19.9 Å². The molecule has 6 rings (SSSR count). The first-order chi connectivity index (χ1) is 20.6. The second-order valence-corrected chi connectivity index (χ2v) is 11.9. The lowest BCUT2D eigenvalue weighted by Crippen LogP contribution is -2.51. The lowest BCUT2D eigenvalue weighted by atomic mass is 9.86. The second-order valence-electron chi connectivity index (χ2n) is 11.4. The molecule has 0 fully saturated rings. The number of aromatic nitrogens is 2. The number of fused-ring (bicyclic) bond motifs is 4. The van der Waals surface area contributed by atoms with Gasteiger partial charge in [-0.2, -0.15) is 0 Å². The van der Waals surface area contributed by atoms with Crippen LogP contribution in [0.2, 0.25) is 5.02 Å². The maximum Gasteiger partial charge on any atom is 0.280 e. The Morgan fingerprint density at radius 1 is 1.02 bits per heavy atom. The number of anilines is 3. The minimum atomic E-state index is -1.49. The Balaban J connectivity index is 1.68. The van der Waals surface area contributed by atoms with Crippen LogP contribution in [-0.2, 0) is 10.3 Å². The summed E-state index contributed by atoms with van der Waals surface area (Å²) in [5.41, 5.74) is 4.84. The van der Waals surface area contributed by atoms with E-state index < -0.39 is 5.54 Å². The third-order valence-electron chi connectivity index (χ3n) is 8.62. The summed E-state index contributed by atoms with van der Waals surface area (Å²) >= 11 is 6.48. The van der Waals surface area contributed by atoms with Crippen LogP contribution in [0, 0.1) is 13.8 Å². The van der Waals surface area contributed by atoms with Gasteiger partial charge in [0.25, 0.3) is 11.8 Å². The summed E-state index contributed by atoms with van der Waals surface area (Å²) in [5, 5.41) is 3.57. The summed E-state index contributed by atoms with van der Waals surface area (Å²) in [6.07, 6.45) is 0. The Kier molecular flexibility index (Phi) is 7.00. The van der Waals surface area contributed by atoms with Crippen molar-refractivity contribution < 1.29 is 14.3 Å². The molecule has 3 heterocycles. The van der Waals surface area contributed by atoms with E-state index in [0.29, 0.717) is 39.2 Å². The molecule has 4 aromatic rings. The van der Waals surface area contributed by atoms with Crippen molar-refractivity contribution in [3.05, 3.63) is 87.7 Å². The molecule has 1 N–H and O–H groups in total. The first kappa shape index (κ1) is 28.8. The van der Waals surface area contributed by atoms with Crippen LogP contribution in [0.1, 0.15) is 66.6 Å². The summed E-state index contributed by atoms with van der Waals surface area (Å²) < 4.78 is 7.92.